The summed E-state index contributed by atoms with van der Waals surface area (Å²) in [6.07, 6.45) is 1.72. The molecule has 154 valence electrons. The van der Waals surface area contributed by atoms with Crippen LogP contribution in [0.1, 0.15) is 11.1 Å². The van der Waals surface area contributed by atoms with Gasteiger partial charge in [0.25, 0.3) is 5.56 Å². The first-order valence-electron chi connectivity index (χ1n) is 9.56. The fraction of sp³-hybridized carbons (Fsp3) is 0.0833. The number of fused-ring (bicyclic) bond motifs is 1. The van der Waals surface area contributed by atoms with Crippen LogP contribution in [0.4, 0.5) is 0 Å². The van der Waals surface area contributed by atoms with Crippen LogP contribution in [0.25, 0.3) is 22.6 Å². The van der Waals surface area contributed by atoms with Gasteiger partial charge in [0, 0.05) is 0 Å². The maximum atomic E-state index is 13.0. The first-order valence-corrected chi connectivity index (χ1v) is 9.56. The summed E-state index contributed by atoms with van der Waals surface area (Å²) < 4.78 is 11.7. The van der Waals surface area contributed by atoms with Crippen molar-refractivity contribution >= 4 is 28.5 Å². The SMILES string of the molecule is COc1cccc(/C=C(/C(=O)OCn2nnc3ccccc3c2=O)c2ccccc2)c1. The van der Waals surface area contributed by atoms with Crippen molar-refractivity contribution in [2.24, 2.45) is 0 Å². The molecule has 0 N–H and O–H groups in total. The second-order valence-electron chi connectivity index (χ2n) is 6.67. The van der Waals surface area contributed by atoms with Crippen molar-refractivity contribution in [2.45, 2.75) is 6.73 Å². The highest BCUT2D eigenvalue weighted by Crippen LogP contribution is 2.22. The van der Waals surface area contributed by atoms with E-state index in [0.29, 0.717) is 27.8 Å². The number of aromatic nitrogens is 3. The van der Waals surface area contributed by atoms with Crippen molar-refractivity contribution in [1.82, 2.24) is 15.0 Å². The number of methoxy groups -OCH3 is 1. The zero-order chi connectivity index (χ0) is 21.6. The summed E-state index contributed by atoms with van der Waals surface area (Å²) in [4.78, 5) is 25.5. The fourth-order valence-corrected chi connectivity index (χ4v) is 3.08. The average molecular weight is 413 g/mol. The number of carbonyl (C=O) groups is 1. The summed E-state index contributed by atoms with van der Waals surface area (Å²) >= 11 is 0. The van der Waals surface area contributed by atoms with Crippen LogP contribution in [-0.2, 0) is 16.3 Å². The fourth-order valence-electron chi connectivity index (χ4n) is 3.08. The first kappa shape index (κ1) is 20.0. The highest BCUT2D eigenvalue weighted by Gasteiger charge is 2.15. The molecule has 0 aliphatic rings. The summed E-state index contributed by atoms with van der Waals surface area (Å²) in [7, 11) is 1.58. The van der Waals surface area contributed by atoms with Gasteiger partial charge in [0.15, 0.2) is 6.73 Å². The van der Waals surface area contributed by atoms with Gasteiger partial charge in [0.2, 0.25) is 0 Å². The number of rotatable bonds is 6. The number of benzene rings is 3. The number of hydrogen-bond acceptors (Lipinski definition) is 6. The Labute approximate surface area is 178 Å². The van der Waals surface area contributed by atoms with E-state index >= 15 is 0 Å². The summed E-state index contributed by atoms with van der Waals surface area (Å²) in [5.41, 5.74) is 1.91. The molecule has 0 atom stereocenters. The van der Waals surface area contributed by atoms with Gasteiger partial charge in [-0.1, -0.05) is 59.8 Å². The molecule has 0 saturated carbocycles. The molecule has 4 rings (SSSR count). The third-order valence-electron chi connectivity index (χ3n) is 4.66. The number of esters is 1. The van der Waals surface area contributed by atoms with Crippen molar-refractivity contribution in [3.8, 4) is 5.75 Å². The zero-order valence-electron chi connectivity index (χ0n) is 16.8. The maximum absolute atomic E-state index is 13.0. The van der Waals surface area contributed by atoms with E-state index in [1.807, 2.05) is 54.6 Å². The Balaban J connectivity index is 1.63. The lowest BCUT2D eigenvalue weighted by Crippen LogP contribution is -2.26. The molecule has 3 aromatic carbocycles. The zero-order valence-corrected chi connectivity index (χ0v) is 16.8. The number of carbonyl (C=O) groups excluding carboxylic acids is 1. The quantitative estimate of drug-likeness (QED) is 0.273. The lowest BCUT2D eigenvalue weighted by Gasteiger charge is -2.10. The third kappa shape index (κ3) is 4.51. The summed E-state index contributed by atoms with van der Waals surface area (Å²) in [6, 6.07) is 23.4. The van der Waals surface area contributed by atoms with Gasteiger partial charge in [-0.05, 0) is 41.5 Å². The van der Waals surface area contributed by atoms with E-state index in [1.54, 1.807) is 37.5 Å². The molecule has 0 aliphatic carbocycles. The Hall–Kier alpha value is -4.26. The lowest BCUT2D eigenvalue weighted by molar-refractivity contribution is -0.140. The number of nitrogens with zero attached hydrogens (tertiary/aromatic N) is 3. The Bertz CT molecular complexity index is 1310. The molecule has 0 amide bonds. The van der Waals surface area contributed by atoms with Gasteiger partial charge in [0.05, 0.1) is 18.1 Å². The standard InChI is InChI=1S/C24H19N3O4/c1-30-19-11-7-8-17(14-19)15-21(18-9-3-2-4-10-18)24(29)31-16-27-23(28)20-12-5-6-13-22(20)25-26-27/h2-15H,16H2,1H3/b21-15+. The average Bonchev–Trinajstić information content (AvgIpc) is 2.83. The third-order valence-corrected chi connectivity index (χ3v) is 4.66. The summed E-state index contributed by atoms with van der Waals surface area (Å²) in [6.45, 7) is -0.349. The molecule has 0 aliphatic heterocycles. The van der Waals surface area contributed by atoms with Crippen LogP contribution < -0.4 is 10.3 Å². The number of hydrogen-bond donors (Lipinski definition) is 0. The molecule has 1 heterocycles. The van der Waals surface area contributed by atoms with E-state index in [-0.39, 0.29) is 12.3 Å². The number of ether oxygens (including phenoxy) is 2. The van der Waals surface area contributed by atoms with E-state index in [4.69, 9.17) is 9.47 Å². The molecule has 0 unspecified atom stereocenters. The van der Waals surface area contributed by atoms with Gasteiger partial charge in [-0.2, -0.15) is 4.68 Å². The first-order chi connectivity index (χ1) is 15.2. The van der Waals surface area contributed by atoms with E-state index < -0.39 is 5.97 Å². The van der Waals surface area contributed by atoms with Gasteiger partial charge >= 0.3 is 5.97 Å². The Morgan fingerprint density at radius 1 is 1.00 bits per heavy atom. The predicted octanol–water partition coefficient (Wildman–Crippen LogP) is 3.54. The molecular formula is C24H19N3O4. The van der Waals surface area contributed by atoms with Crippen molar-refractivity contribution in [2.75, 3.05) is 7.11 Å². The van der Waals surface area contributed by atoms with Crippen LogP contribution in [-0.4, -0.2) is 28.1 Å². The van der Waals surface area contributed by atoms with Crippen LogP contribution in [0.2, 0.25) is 0 Å². The highest BCUT2D eigenvalue weighted by atomic mass is 16.5. The molecule has 0 fully saturated rings. The van der Waals surface area contributed by atoms with E-state index in [2.05, 4.69) is 10.3 Å². The largest absolute Gasteiger partial charge is 0.497 e. The maximum Gasteiger partial charge on any atom is 0.340 e. The molecule has 7 heteroatoms. The Morgan fingerprint density at radius 2 is 1.77 bits per heavy atom. The molecule has 1 aromatic heterocycles. The predicted molar refractivity (Wildman–Crippen MR) is 117 cm³/mol. The van der Waals surface area contributed by atoms with Gasteiger partial charge in [-0.25, -0.2) is 4.79 Å². The molecule has 31 heavy (non-hydrogen) atoms. The van der Waals surface area contributed by atoms with Crippen LogP contribution in [0.15, 0.2) is 83.7 Å². The van der Waals surface area contributed by atoms with Crippen molar-refractivity contribution in [3.05, 3.63) is 100 Å². The molecule has 0 spiro atoms. The van der Waals surface area contributed by atoms with Crippen molar-refractivity contribution in [3.63, 3.8) is 0 Å². The minimum Gasteiger partial charge on any atom is -0.497 e. The summed E-state index contributed by atoms with van der Waals surface area (Å²) in [5, 5.41) is 8.27. The van der Waals surface area contributed by atoms with Crippen LogP contribution in [0, 0.1) is 0 Å². The molecule has 0 bridgehead atoms. The van der Waals surface area contributed by atoms with E-state index in [9.17, 15) is 9.59 Å². The van der Waals surface area contributed by atoms with Crippen LogP contribution in [0.5, 0.6) is 5.75 Å². The molecule has 0 radical (unpaired) electrons. The minimum atomic E-state index is -0.587. The normalized spacial score (nSPS) is 11.3. The monoisotopic (exact) mass is 413 g/mol. The summed E-state index contributed by atoms with van der Waals surface area (Å²) in [5.74, 6) is 0.0865. The van der Waals surface area contributed by atoms with Crippen LogP contribution >= 0.6 is 0 Å². The minimum absolute atomic E-state index is 0.343. The van der Waals surface area contributed by atoms with E-state index in [1.165, 1.54) is 0 Å². The van der Waals surface area contributed by atoms with Crippen molar-refractivity contribution in [1.29, 1.82) is 0 Å². The van der Waals surface area contributed by atoms with Gasteiger partial charge in [0.1, 0.15) is 11.3 Å². The molecule has 4 aromatic rings. The lowest BCUT2D eigenvalue weighted by atomic mass is 10.0. The van der Waals surface area contributed by atoms with Gasteiger partial charge < -0.3 is 9.47 Å². The molecule has 0 saturated heterocycles. The Kier molecular flexibility index (Phi) is 5.84. The second-order valence-corrected chi connectivity index (χ2v) is 6.67. The van der Waals surface area contributed by atoms with Crippen LogP contribution in [0.3, 0.4) is 0 Å². The molecule has 7 nitrogen and oxygen atoms in total. The molecular weight excluding hydrogens is 394 g/mol. The highest BCUT2D eigenvalue weighted by molar-refractivity contribution is 6.21. The Morgan fingerprint density at radius 3 is 2.58 bits per heavy atom. The smallest absolute Gasteiger partial charge is 0.340 e. The second kappa shape index (κ2) is 9.04. The van der Waals surface area contributed by atoms with Crippen molar-refractivity contribution < 1.29 is 14.3 Å². The van der Waals surface area contributed by atoms with E-state index in [0.717, 1.165) is 10.2 Å². The topological polar surface area (TPSA) is 83.3 Å². The van der Waals surface area contributed by atoms with Gasteiger partial charge in [-0.3, -0.25) is 4.79 Å². The van der Waals surface area contributed by atoms with Gasteiger partial charge in [-0.15, -0.1) is 5.10 Å².